The average molecular weight is 344 g/mol. The number of urea groups is 1. The summed E-state index contributed by atoms with van der Waals surface area (Å²) in [4.78, 5) is 33.1. The van der Waals surface area contributed by atoms with Crippen LogP contribution in [0.3, 0.4) is 0 Å². The molecule has 0 aliphatic carbocycles. The molecule has 0 spiro atoms. The number of nitrogens with one attached hydrogen (secondary N) is 2. The van der Waals surface area contributed by atoms with Crippen molar-refractivity contribution in [3.8, 4) is 0 Å². The number of aliphatic carboxylic acids is 1. The van der Waals surface area contributed by atoms with Gasteiger partial charge in [0.2, 0.25) is 5.91 Å². The van der Waals surface area contributed by atoms with Crippen LogP contribution in [0.1, 0.15) is 12.0 Å². The lowest BCUT2D eigenvalue weighted by atomic mass is 10.2. The largest absolute Gasteiger partial charge is 0.480 e. The molecule has 1 atom stereocenters. The first-order valence-corrected chi connectivity index (χ1v) is 6.48. The lowest BCUT2D eigenvalue weighted by molar-refractivity contribution is -0.140. The van der Waals surface area contributed by atoms with E-state index in [2.05, 4.69) is 26.6 Å². The molecule has 0 saturated heterocycles. The van der Waals surface area contributed by atoms with Crippen LogP contribution in [0, 0.1) is 0 Å². The van der Waals surface area contributed by atoms with E-state index in [1.807, 2.05) is 24.3 Å². The Kier molecular flexibility index (Phi) is 5.98. The van der Waals surface area contributed by atoms with E-state index in [0.29, 0.717) is 0 Å². The Morgan fingerprint density at radius 3 is 2.50 bits per heavy atom. The molecule has 0 saturated carbocycles. The highest BCUT2D eigenvalue weighted by molar-refractivity contribution is 9.10. The van der Waals surface area contributed by atoms with Gasteiger partial charge in [-0.3, -0.25) is 4.79 Å². The summed E-state index contributed by atoms with van der Waals surface area (Å²) in [7, 11) is 0. The number of hydrogen-bond donors (Lipinski definition) is 4. The van der Waals surface area contributed by atoms with Crippen molar-refractivity contribution in [3.05, 3.63) is 34.3 Å². The van der Waals surface area contributed by atoms with Gasteiger partial charge in [-0.25, -0.2) is 9.59 Å². The van der Waals surface area contributed by atoms with Gasteiger partial charge in [-0.2, -0.15) is 0 Å². The number of nitrogens with two attached hydrogens (primary N) is 1. The number of carbonyl (C=O) groups excluding carboxylic acids is 2. The Labute approximate surface area is 123 Å². The zero-order valence-corrected chi connectivity index (χ0v) is 12.0. The number of carboxylic acids is 1. The number of hydrogen-bond acceptors (Lipinski definition) is 3. The van der Waals surface area contributed by atoms with Crippen LogP contribution in [0.2, 0.25) is 0 Å². The van der Waals surface area contributed by atoms with Crippen LogP contribution < -0.4 is 16.4 Å². The number of carboxylic acid groups (broad SMARTS) is 1. The highest BCUT2D eigenvalue weighted by atomic mass is 79.9. The van der Waals surface area contributed by atoms with E-state index in [9.17, 15) is 14.4 Å². The zero-order valence-electron chi connectivity index (χ0n) is 10.4. The first-order valence-electron chi connectivity index (χ1n) is 5.69. The maximum atomic E-state index is 11.6. The van der Waals surface area contributed by atoms with Crippen molar-refractivity contribution in [1.82, 2.24) is 10.6 Å². The predicted molar refractivity (Wildman–Crippen MR) is 74.7 cm³/mol. The van der Waals surface area contributed by atoms with Crippen molar-refractivity contribution in [3.63, 3.8) is 0 Å². The van der Waals surface area contributed by atoms with E-state index >= 15 is 0 Å². The Bertz CT molecular complexity index is 521. The number of rotatable bonds is 6. The minimum atomic E-state index is -1.34. The van der Waals surface area contributed by atoms with Gasteiger partial charge in [0.05, 0.1) is 6.42 Å². The normalized spacial score (nSPS) is 11.4. The molecular weight excluding hydrogens is 330 g/mol. The number of carbonyl (C=O) groups is 3. The first kappa shape index (κ1) is 16.0. The van der Waals surface area contributed by atoms with E-state index in [1.54, 1.807) is 0 Å². The van der Waals surface area contributed by atoms with Crippen LogP contribution in [0.5, 0.6) is 0 Å². The van der Waals surface area contributed by atoms with Crippen LogP contribution >= 0.6 is 15.9 Å². The van der Waals surface area contributed by atoms with Gasteiger partial charge in [0.1, 0.15) is 6.04 Å². The molecule has 108 valence electrons. The highest BCUT2D eigenvalue weighted by Gasteiger charge is 2.21. The number of primary amides is 1. The molecule has 5 N–H and O–H groups in total. The van der Waals surface area contributed by atoms with Crippen LogP contribution in [-0.4, -0.2) is 29.1 Å². The highest BCUT2D eigenvalue weighted by Crippen LogP contribution is 2.15. The summed E-state index contributed by atoms with van der Waals surface area (Å²) in [5, 5.41) is 13.5. The molecule has 0 aliphatic heterocycles. The zero-order chi connectivity index (χ0) is 15.1. The third-order valence-corrected chi connectivity index (χ3v) is 3.18. The topological polar surface area (TPSA) is 122 Å². The van der Waals surface area contributed by atoms with E-state index in [1.165, 1.54) is 0 Å². The summed E-state index contributed by atoms with van der Waals surface area (Å²) < 4.78 is 0.826. The van der Waals surface area contributed by atoms with Crippen LogP contribution in [0.25, 0.3) is 0 Å². The standard InChI is InChI=1S/C12H14BrN3O4/c13-8-4-2-1-3-7(8)6-15-12(20)16-9(11(18)19)5-10(14)17/h1-4,9H,5-6H2,(H2,14,17)(H,18,19)(H2,15,16,20)/t9-/m0/s1. The maximum Gasteiger partial charge on any atom is 0.326 e. The van der Waals surface area contributed by atoms with Gasteiger partial charge in [0.15, 0.2) is 0 Å². The number of halogens is 1. The molecule has 3 amide bonds. The van der Waals surface area contributed by atoms with Gasteiger partial charge in [-0.1, -0.05) is 34.1 Å². The second-order valence-corrected chi connectivity index (χ2v) is 4.83. The maximum absolute atomic E-state index is 11.6. The van der Waals surface area contributed by atoms with Crippen molar-refractivity contribution < 1.29 is 19.5 Å². The molecule has 0 fully saturated rings. The summed E-state index contributed by atoms with van der Waals surface area (Å²) in [6.45, 7) is 0.218. The molecule has 20 heavy (non-hydrogen) atoms. The third kappa shape index (κ3) is 5.27. The second kappa shape index (κ2) is 7.49. The van der Waals surface area contributed by atoms with Crippen LogP contribution in [-0.2, 0) is 16.1 Å². The molecular formula is C12H14BrN3O4. The Morgan fingerprint density at radius 1 is 1.30 bits per heavy atom. The fourth-order valence-electron chi connectivity index (χ4n) is 1.43. The van der Waals surface area contributed by atoms with Crippen molar-refractivity contribution in [2.45, 2.75) is 19.0 Å². The summed E-state index contributed by atoms with van der Waals surface area (Å²) in [6, 6.07) is 5.25. The van der Waals surface area contributed by atoms with Crippen molar-refractivity contribution in [2.24, 2.45) is 5.73 Å². The molecule has 0 heterocycles. The monoisotopic (exact) mass is 343 g/mol. The van der Waals surface area contributed by atoms with Gasteiger partial charge in [0.25, 0.3) is 0 Å². The van der Waals surface area contributed by atoms with E-state index in [4.69, 9.17) is 10.8 Å². The van der Waals surface area contributed by atoms with Crippen LogP contribution in [0.15, 0.2) is 28.7 Å². The van der Waals surface area contributed by atoms with Gasteiger partial charge in [0, 0.05) is 11.0 Å². The Hall–Kier alpha value is -2.09. The fraction of sp³-hybridized carbons (Fsp3) is 0.250. The summed E-state index contributed by atoms with van der Waals surface area (Å²) in [6.07, 6.45) is -0.461. The lowest BCUT2D eigenvalue weighted by Crippen LogP contribution is -2.47. The first-order chi connectivity index (χ1) is 9.40. The molecule has 0 aliphatic rings. The van der Waals surface area contributed by atoms with Gasteiger partial charge >= 0.3 is 12.0 Å². The van der Waals surface area contributed by atoms with E-state index in [-0.39, 0.29) is 6.54 Å². The quantitative estimate of drug-likeness (QED) is 0.603. The van der Waals surface area contributed by atoms with Gasteiger partial charge in [-0.15, -0.1) is 0 Å². The summed E-state index contributed by atoms with van der Waals surface area (Å²) in [5.41, 5.74) is 5.75. The Balaban J connectivity index is 2.52. The molecule has 0 bridgehead atoms. The third-order valence-electron chi connectivity index (χ3n) is 2.41. The lowest BCUT2D eigenvalue weighted by Gasteiger charge is -2.14. The van der Waals surface area contributed by atoms with Gasteiger partial charge in [-0.05, 0) is 11.6 Å². The SMILES string of the molecule is NC(=O)C[C@H](NC(=O)NCc1ccccc1Br)C(=O)O. The molecule has 1 aromatic carbocycles. The van der Waals surface area contributed by atoms with Gasteiger partial charge < -0.3 is 21.5 Å². The molecule has 1 rings (SSSR count). The van der Waals surface area contributed by atoms with Crippen LogP contribution in [0.4, 0.5) is 4.79 Å². The molecule has 0 unspecified atom stereocenters. The van der Waals surface area contributed by atoms with E-state index < -0.39 is 30.4 Å². The van der Waals surface area contributed by atoms with Crippen molar-refractivity contribution >= 4 is 33.8 Å². The molecule has 7 nitrogen and oxygen atoms in total. The molecule has 0 radical (unpaired) electrons. The molecule has 0 aromatic heterocycles. The van der Waals surface area contributed by atoms with Crippen molar-refractivity contribution in [1.29, 1.82) is 0 Å². The molecule has 8 heteroatoms. The number of amides is 3. The summed E-state index contributed by atoms with van der Waals surface area (Å²) in [5.74, 6) is -2.12. The predicted octanol–water partition coefficient (Wildman–Crippen LogP) is 0.577. The number of benzene rings is 1. The average Bonchev–Trinajstić information content (AvgIpc) is 2.36. The fourth-order valence-corrected chi connectivity index (χ4v) is 1.85. The minimum Gasteiger partial charge on any atom is -0.480 e. The van der Waals surface area contributed by atoms with Crippen molar-refractivity contribution in [2.75, 3.05) is 0 Å². The minimum absolute atomic E-state index is 0.218. The Morgan fingerprint density at radius 2 is 1.95 bits per heavy atom. The summed E-state index contributed by atoms with van der Waals surface area (Å²) >= 11 is 3.33. The smallest absolute Gasteiger partial charge is 0.326 e. The van der Waals surface area contributed by atoms with E-state index in [0.717, 1.165) is 10.0 Å². The molecule has 1 aromatic rings. The second-order valence-electron chi connectivity index (χ2n) is 3.98.